The Morgan fingerprint density at radius 2 is 1.75 bits per heavy atom. The van der Waals surface area contributed by atoms with E-state index in [4.69, 9.17) is 0 Å². The van der Waals surface area contributed by atoms with Gasteiger partial charge in [0.2, 0.25) is 0 Å². The molecule has 0 amide bonds. The van der Waals surface area contributed by atoms with Gasteiger partial charge in [-0.25, -0.2) is 8.42 Å². The van der Waals surface area contributed by atoms with Crippen LogP contribution in [0.4, 0.5) is 13.2 Å². The highest BCUT2D eigenvalue weighted by Crippen LogP contribution is 2.29. The van der Waals surface area contributed by atoms with Crippen molar-refractivity contribution in [1.29, 1.82) is 0 Å². The van der Waals surface area contributed by atoms with Gasteiger partial charge in [0.1, 0.15) is 11.4 Å². The maximum Gasteiger partial charge on any atom is 0.433 e. The molecule has 0 saturated heterocycles. The number of aryl methyl sites for hydroxylation is 1. The van der Waals surface area contributed by atoms with Crippen molar-refractivity contribution in [2.75, 3.05) is 0 Å². The fraction of sp³-hybridized carbons (Fsp3) is 0.667. The molecule has 2 aromatic rings. The third-order valence-electron chi connectivity index (χ3n) is 2.99. The molecular weight excluding hydrogens is 349 g/mol. The number of hydrogen-bond acceptors (Lipinski definition) is 6. The fourth-order valence-corrected chi connectivity index (χ4v) is 3.12. The molecule has 0 fully saturated rings. The molecular formula is C12H17F3N6O2S. The molecule has 0 bridgehead atoms. The Bertz CT molecular complexity index is 832. The number of sulfone groups is 1. The van der Waals surface area contributed by atoms with Crippen LogP contribution >= 0.6 is 0 Å². The molecule has 0 aliphatic carbocycles. The van der Waals surface area contributed by atoms with Crippen molar-refractivity contribution in [2.45, 2.75) is 44.0 Å². The molecule has 0 radical (unpaired) electrons. The molecule has 0 aliphatic rings. The second-order valence-electron chi connectivity index (χ2n) is 6.34. The zero-order valence-electron chi connectivity index (χ0n) is 13.5. The Labute approximate surface area is 136 Å². The fourth-order valence-electron chi connectivity index (χ4n) is 1.92. The number of tetrazole rings is 1. The van der Waals surface area contributed by atoms with E-state index in [0.29, 0.717) is 4.68 Å². The highest BCUT2D eigenvalue weighted by Gasteiger charge is 2.35. The van der Waals surface area contributed by atoms with E-state index in [1.165, 1.54) is 4.80 Å². The summed E-state index contributed by atoms with van der Waals surface area (Å²) in [6.07, 6.45) is -4.60. The summed E-state index contributed by atoms with van der Waals surface area (Å²) in [6, 6.07) is 0.719. The number of alkyl halides is 3. The molecule has 0 saturated carbocycles. The number of aromatic nitrogens is 6. The smallest absolute Gasteiger partial charge is 0.263 e. The van der Waals surface area contributed by atoms with Crippen LogP contribution in [0.25, 0.3) is 0 Å². The van der Waals surface area contributed by atoms with Gasteiger partial charge >= 0.3 is 6.18 Å². The summed E-state index contributed by atoms with van der Waals surface area (Å²) < 4.78 is 63.1. The summed E-state index contributed by atoms with van der Waals surface area (Å²) in [5.74, 6) is -1.18. The number of halogens is 3. The monoisotopic (exact) mass is 366 g/mol. The SMILES string of the molecule is Cn1nc(CS(=O)(=O)Cc2nnn(C(C)(C)C)n2)cc1C(F)(F)F. The van der Waals surface area contributed by atoms with Gasteiger partial charge in [0, 0.05) is 7.05 Å². The third kappa shape index (κ3) is 4.30. The van der Waals surface area contributed by atoms with E-state index >= 15 is 0 Å². The van der Waals surface area contributed by atoms with Gasteiger partial charge in [-0.3, -0.25) is 4.68 Å². The first kappa shape index (κ1) is 18.4. The number of nitrogens with zero attached hydrogens (tertiary/aromatic N) is 6. The van der Waals surface area contributed by atoms with Crippen LogP contribution in [0.15, 0.2) is 6.07 Å². The van der Waals surface area contributed by atoms with E-state index in [0.717, 1.165) is 13.1 Å². The van der Waals surface area contributed by atoms with Crippen molar-refractivity contribution >= 4 is 9.84 Å². The van der Waals surface area contributed by atoms with Crippen molar-refractivity contribution < 1.29 is 21.6 Å². The lowest BCUT2D eigenvalue weighted by atomic mass is 10.1. The van der Waals surface area contributed by atoms with E-state index in [-0.39, 0.29) is 11.5 Å². The van der Waals surface area contributed by atoms with Gasteiger partial charge in [-0.05, 0) is 32.1 Å². The lowest BCUT2D eigenvalue weighted by Gasteiger charge is -2.15. The zero-order valence-corrected chi connectivity index (χ0v) is 14.3. The highest BCUT2D eigenvalue weighted by atomic mass is 32.2. The topological polar surface area (TPSA) is 95.6 Å². The van der Waals surface area contributed by atoms with Crippen LogP contribution in [0.2, 0.25) is 0 Å². The lowest BCUT2D eigenvalue weighted by molar-refractivity contribution is -0.143. The van der Waals surface area contributed by atoms with Gasteiger partial charge in [0.15, 0.2) is 15.7 Å². The van der Waals surface area contributed by atoms with Crippen molar-refractivity contribution in [3.63, 3.8) is 0 Å². The van der Waals surface area contributed by atoms with Crippen molar-refractivity contribution in [3.8, 4) is 0 Å². The van der Waals surface area contributed by atoms with E-state index in [2.05, 4.69) is 20.5 Å². The average molecular weight is 366 g/mol. The first-order valence-corrected chi connectivity index (χ1v) is 8.70. The largest absolute Gasteiger partial charge is 0.433 e. The third-order valence-corrected chi connectivity index (χ3v) is 4.43. The summed E-state index contributed by atoms with van der Waals surface area (Å²) in [5.41, 5.74) is -1.66. The summed E-state index contributed by atoms with van der Waals surface area (Å²) in [6.45, 7) is 5.46. The van der Waals surface area contributed by atoms with Crippen LogP contribution in [0, 0.1) is 0 Å². The van der Waals surface area contributed by atoms with Gasteiger partial charge in [0.05, 0.1) is 17.0 Å². The zero-order chi connectivity index (χ0) is 18.3. The average Bonchev–Trinajstić information content (AvgIpc) is 2.93. The summed E-state index contributed by atoms with van der Waals surface area (Å²) >= 11 is 0. The number of hydrogen-bond donors (Lipinski definition) is 0. The predicted molar refractivity (Wildman–Crippen MR) is 77.4 cm³/mol. The molecule has 2 heterocycles. The molecule has 0 spiro atoms. The number of rotatable bonds is 4. The maximum absolute atomic E-state index is 12.7. The van der Waals surface area contributed by atoms with Gasteiger partial charge in [0.25, 0.3) is 0 Å². The van der Waals surface area contributed by atoms with E-state index in [9.17, 15) is 21.6 Å². The molecule has 2 aromatic heterocycles. The molecule has 0 N–H and O–H groups in total. The maximum atomic E-state index is 12.7. The van der Waals surface area contributed by atoms with Crippen molar-refractivity contribution in [1.82, 2.24) is 30.0 Å². The molecule has 0 atom stereocenters. The van der Waals surface area contributed by atoms with Gasteiger partial charge < -0.3 is 0 Å². The minimum Gasteiger partial charge on any atom is -0.263 e. The summed E-state index contributed by atoms with van der Waals surface area (Å²) in [5, 5.41) is 15.0. The minimum absolute atomic E-state index is 0.0168. The van der Waals surface area contributed by atoms with Gasteiger partial charge in [-0.2, -0.15) is 23.1 Å². The Morgan fingerprint density at radius 3 is 2.21 bits per heavy atom. The van der Waals surface area contributed by atoms with Gasteiger partial charge in [-0.1, -0.05) is 0 Å². The first-order valence-electron chi connectivity index (χ1n) is 6.88. The van der Waals surface area contributed by atoms with Crippen LogP contribution in [-0.2, 0) is 40.1 Å². The highest BCUT2D eigenvalue weighted by molar-refractivity contribution is 7.89. The molecule has 134 valence electrons. The van der Waals surface area contributed by atoms with Crippen LogP contribution in [0.3, 0.4) is 0 Å². The van der Waals surface area contributed by atoms with E-state index < -0.39 is 38.8 Å². The summed E-state index contributed by atoms with van der Waals surface area (Å²) in [7, 11) is -2.68. The molecule has 0 aliphatic heterocycles. The van der Waals surface area contributed by atoms with E-state index in [1.807, 2.05) is 20.8 Å². The molecule has 0 aromatic carbocycles. The quantitative estimate of drug-likeness (QED) is 0.809. The van der Waals surface area contributed by atoms with Crippen LogP contribution in [-0.4, -0.2) is 38.4 Å². The molecule has 2 rings (SSSR count). The normalized spacial score (nSPS) is 13.5. The van der Waals surface area contributed by atoms with E-state index in [1.54, 1.807) is 0 Å². The lowest BCUT2D eigenvalue weighted by Crippen LogP contribution is -2.24. The minimum atomic E-state index is -4.60. The first-order chi connectivity index (χ1) is 10.8. The molecule has 24 heavy (non-hydrogen) atoms. The Hall–Kier alpha value is -1.98. The van der Waals surface area contributed by atoms with Crippen LogP contribution < -0.4 is 0 Å². The second kappa shape index (κ2) is 5.83. The van der Waals surface area contributed by atoms with Crippen molar-refractivity contribution in [3.05, 3.63) is 23.3 Å². The Kier molecular flexibility index (Phi) is 4.46. The van der Waals surface area contributed by atoms with Gasteiger partial charge in [-0.15, -0.1) is 10.2 Å². The van der Waals surface area contributed by atoms with Crippen molar-refractivity contribution in [2.24, 2.45) is 7.05 Å². The predicted octanol–water partition coefficient (Wildman–Crippen LogP) is 1.30. The summed E-state index contributed by atoms with van der Waals surface area (Å²) in [4.78, 5) is 1.28. The standard InChI is InChI=1S/C12H17F3N6O2S/c1-11(2,3)21-18-10(16-19-21)7-24(22,23)6-8-5-9(12(13,14)15)20(4)17-8/h5H,6-7H2,1-4H3. The van der Waals surface area contributed by atoms with Crippen LogP contribution in [0.1, 0.15) is 38.0 Å². The van der Waals surface area contributed by atoms with Crippen LogP contribution in [0.5, 0.6) is 0 Å². The Balaban J connectivity index is 2.16. The molecule has 12 heteroatoms. The second-order valence-corrected chi connectivity index (χ2v) is 8.40. The molecule has 0 unspecified atom stereocenters. The Morgan fingerprint density at radius 1 is 1.12 bits per heavy atom. The molecule has 8 nitrogen and oxygen atoms in total.